The molecule has 0 spiro atoms. The van der Waals surface area contributed by atoms with E-state index < -0.39 is 61.1 Å². The molecule has 0 aromatic carbocycles. The van der Waals surface area contributed by atoms with Gasteiger partial charge in [0.05, 0.1) is 13.2 Å². The molecule has 11 nitrogen and oxygen atoms in total. The summed E-state index contributed by atoms with van der Waals surface area (Å²) < 4.78 is 0. The molecule has 0 aliphatic carbocycles. The van der Waals surface area contributed by atoms with Crippen molar-refractivity contribution >= 4 is 35.5 Å². The number of amides is 3. The standard InChI is InChI=1S/C14H26N4O7S/c1-7(14(24)25)16-13(23)10(6-20)18-12(22)9(3-4-26-2)17-11(21)8(15)5-19/h7-10,19-20H,3-6,15H2,1-2H3,(H,16,23)(H,17,21)(H,18,22)(H,24,25). The highest BCUT2D eigenvalue weighted by Crippen LogP contribution is 2.02. The highest BCUT2D eigenvalue weighted by Gasteiger charge is 2.28. The summed E-state index contributed by atoms with van der Waals surface area (Å²) in [6.07, 6.45) is 2.02. The Balaban J connectivity index is 4.98. The second kappa shape index (κ2) is 12.5. The molecule has 12 heteroatoms. The molecule has 3 amide bonds. The summed E-state index contributed by atoms with van der Waals surface area (Å²) in [4.78, 5) is 46.8. The van der Waals surface area contributed by atoms with E-state index in [1.54, 1.807) is 6.26 Å². The lowest BCUT2D eigenvalue weighted by molar-refractivity contribution is -0.142. The van der Waals surface area contributed by atoms with Crippen LogP contribution in [0.1, 0.15) is 13.3 Å². The van der Waals surface area contributed by atoms with Gasteiger partial charge in [-0.05, 0) is 25.4 Å². The van der Waals surface area contributed by atoms with E-state index in [1.165, 1.54) is 18.7 Å². The third kappa shape index (κ3) is 8.47. The van der Waals surface area contributed by atoms with Crippen LogP contribution in [0.5, 0.6) is 0 Å². The van der Waals surface area contributed by atoms with Crippen LogP contribution < -0.4 is 21.7 Å². The lowest BCUT2D eigenvalue weighted by Gasteiger charge is -2.23. The molecule has 0 aliphatic rings. The number of hydrogen-bond acceptors (Lipinski definition) is 8. The van der Waals surface area contributed by atoms with E-state index in [4.69, 9.17) is 15.9 Å². The smallest absolute Gasteiger partial charge is 0.325 e. The first-order chi connectivity index (χ1) is 12.2. The Morgan fingerprint density at radius 1 is 0.962 bits per heavy atom. The van der Waals surface area contributed by atoms with Crippen molar-refractivity contribution in [1.82, 2.24) is 16.0 Å². The number of thioether (sulfide) groups is 1. The first kappa shape index (κ1) is 24.1. The number of hydrogen-bond donors (Lipinski definition) is 7. The van der Waals surface area contributed by atoms with Crippen LogP contribution >= 0.6 is 11.8 Å². The van der Waals surface area contributed by atoms with Crippen molar-refractivity contribution in [3.63, 3.8) is 0 Å². The molecule has 0 bridgehead atoms. The molecule has 4 unspecified atom stereocenters. The Kier molecular flexibility index (Phi) is 11.6. The molecule has 0 heterocycles. The highest BCUT2D eigenvalue weighted by molar-refractivity contribution is 7.98. The lowest BCUT2D eigenvalue weighted by atomic mass is 10.1. The van der Waals surface area contributed by atoms with E-state index in [0.717, 1.165) is 0 Å². The number of rotatable bonds is 12. The average molecular weight is 394 g/mol. The van der Waals surface area contributed by atoms with Crippen molar-refractivity contribution in [2.24, 2.45) is 5.73 Å². The number of carboxylic acid groups (broad SMARTS) is 1. The number of aliphatic hydroxyl groups excluding tert-OH is 2. The second-order valence-electron chi connectivity index (χ2n) is 5.44. The van der Waals surface area contributed by atoms with Crippen molar-refractivity contribution in [2.75, 3.05) is 25.2 Å². The predicted octanol–water partition coefficient (Wildman–Crippen LogP) is -3.39. The van der Waals surface area contributed by atoms with E-state index in [2.05, 4.69) is 16.0 Å². The van der Waals surface area contributed by atoms with Gasteiger partial charge in [0.15, 0.2) is 0 Å². The largest absolute Gasteiger partial charge is 0.480 e. The number of aliphatic hydroxyl groups is 2. The number of carbonyl (C=O) groups is 4. The van der Waals surface area contributed by atoms with E-state index in [1.807, 2.05) is 0 Å². The van der Waals surface area contributed by atoms with Crippen molar-refractivity contribution in [3.05, 3.63) is 0 Å². The maximum absolute atomic E-state index is 12.3. The second-order valence-corrected chi connectivity index (χ2v) is 6.43. The molecule has 150 valence electrons. The molecule has 0 radical (unpaired) electrons. The van der Waals surface area contributed by atoms with Gasteiger partial charge in [0.1, 0.15) is 24.2 Å². The van der Waals surface area contributed by atoms with Gasteiger partial charge in [-0.2, -0.15) is 11.8 Å². The van der Waals surface area contributed by atoms with Crippen LogP contribution in [0.2, 0.25) is 0 Å². The molecule has 0 aromatic heterocycles. The SMILES string of the molecule is CSCCC(NC(=O)C(N)CO)C(=O)NC(CO)C(=O)NC(C)C(=O)O. The molecule has 8 N–H and O–H groups in total. The monoisotopic (exact) mass is 394 g/mol. The zero-order chi connectivity index (χ0) is 20.3. The van der Waals surface area contributed by atoms with Crippen LogP contribution in [0.25, 0.3) is 0 Å². The number of carbonyl (C=O) groups excluding carboxylic acids is 3. The Bertz CT molecular complexity index is 506. The van der Waals surface area contributed by atoms with E-state index >= 15 is 0 Å². The summed E-state index contributed by atoms with van der Waals surface area (Å²) in [5.74, 6) is -3.12. The maximum Gasteiger partial charge on any atom is 0.325 e. The summed E-state index contributed by atoms with van der Waals surface area (Å²) in [5, 5.41) is 33.7. The van der Waals surface area contributed by atoms with Crippen LogP contribution in [0, 0.1) is 0 Å². The molecule has 0 fully saturated rings. The number of nitrogens with two attached hydrogens (primary N) is 1. The molecular formula is C14H26N4O7S. The molecule has 0 saturated carbocycles. The van der Waals surface area contributed by atoms with Crippen molar-refractivity contribution in [3.8, 4) is 0 Å². The van der Waals surface area contributed by atoms with E-state index in [9.17, 15) is 24.3 Å². The van der Waals surface area contributed by atoms with Gasteiger partial charge in [-0.25, -0.2) is 0 Å². The Labute approximate surface area is 155 Å². The van der Waals surface area contributed by atoms with E-state index in [0.29, 0.717) is 5.75 Å². The summed E-state index contributed by atoms with van der Waals surface area (Å²) in [7, 11) is 0. The fraction of sp³-hybridized carbons (Fsp3) is 0.714. The normalized spacial score (nSPS) is 15.3. The third-order valence-corrected chi connectivity index (χ3v) is 3.97. The quantitative estimate of drug-likeness (QED) is 0.177. The van der Waals surface area contributed by atoms with Crippen molar-refractivity contribution in [1.29, 1.82) is 0 Å². The van der Waals surface area contributed by atoms with Gasteiger partial charge >= 0.3 is 5.97 Å². The highest BCUT2D eigenvalue weighted by atomic mass is 32.2. The summed E-state index contributed by atoms with van der Waals surface area (Å²) >= 11 is 1.43. The molecular weight excluding hydrogens is 368 g/mol. The molecule has 0 aromatic rings. The molecule has 0 rings (SSSR count). The van der Waals surface area contributed by atoms with Crippen molar-refractivity contribution in [2.45, 2.75) is 37.5 Å². The van der Waals surface area contributed by atoms with Gasteiger partial charge in [-0.15, -0.1) is 0 Å². The van der Waals surface area contributed by atoms with Gasteiger partial charge in [-0.3, -0.25) is 19.2 Å². The van der Waals surface area contributed by atoms with Gasteiger partial charge in [0.25, 0.3) is 0 Å². The molecule has 0 saturated heterocycles. The molecule has 0 aliphatic heterocycles. The van der Waals surface area contributed by atoms with Crippen LogP contribution in [-0.2, 0) is 19.2 Å². The van der Waals surface area contributed by atoms with Gasteiger partial charge in [0, 0.05) is 0 Å². The molecule has 4 atom stereocenters. The third-order valence-electron chi connectivity index (χ3n) is 3.32. The topological polar surface area (TPSA) is 191 Å². The zero-order valence-corrected chi connectivity index (χ0v) is 15.4. The lowest BCUT2D eigenvalue weighted by Crippen LogP contribution is -2.58. The van der Waals surface area contributed by atoms with Crippen LogP contribution in [0.3, 0.4) is 0 Å². The van der Waals surface area contributed by atoms with Gasteiger partial charge in [-0.1, -0.05) is 0 Å². The minimum absolute atomic E-state index is 0.224. The fourth-order valence-electron chi connectivity index (χ4n) is 1.71. The molecule has 26 heavy (non-hydrogen) atoms. The number of nitrogens with one attached hydrogen (secondary N) is 3. The summed E-state index contributed by atoms with van der Waals surface area (Å²) in [6.45, 7) is -0.130. The Morgan fingerprint density at radius 3 is 1.96 bits per heavy atom. The van der Waals surface area contributed by atoms with Crippen LogP contribution in [0.4, 0.5) is 0 Å². The minimum atomic E-state index is -1.38. The van der Waals surface area contributed by atoms with Crippen LogP contribution in [-0.4, -0.2) is 88.4 Å². The number of aliphatic carboxylic acids is 1. The minimum Gasteiger partial charge on any atom is -0.480 e. The van der Waals surface area contributed by atoms with Crippen molar-refractivity contribution < 1.29 is 34.5 Å². The fourth-order valence-corrected chi connectivity index (χ4v) is 2.18. The van der Waals surface area contributed by atoms with Gasteiger partial charge < -0.3 is 37.0 Å². The Morgan fingerprint density at radius 2 is 1.50 bits per heavy atom. The average Bonchev–Trinajstić information content (AvgIpc) is 2.61. The first-order valence-corrected chi connectivity index (χ1v) is 9.17. The van der Waals surface area contributed by atoms with Crippen LogP contribution in [0.15, 0.2) is 0 Å². The van der Waals surface area contributed by atoms with E-state index in [-0.39, 0.29) is 6.42 Å². The number of carboxylic acids is 1. The maximum atomic E-state index is 12.3. The first-order valence-electron chi connectivity index (χ1n) is 7.78. The summed E-state index contributed by atoms with van der Waals surface area (Å²) in [5.41, 5.74) is 5.39. The Hall–Kier alpha value is -1.89. The predicted molar refractivity (Wildman–Crippen MR) is 94.2 cm³/mol. The van der Waals surface area contributed by atoms with Gasteiger partial charge in [0.2, 0.25) is 17.7 Å². The zero-order valence-electron chi connectivity index (χ0n) is 14.6. The summed E-state index contributed by atoms with van der Waals surface area (Å²) in [6, 6.07) is -4.83.